The van der Waals surface area contributed by atoms with Crippen LogP contribution in [-0.4, -0.2) is 36.0 Å². The molecule has 0 aliphatic carbocycles. The third-order valence-corrected chi connectivity index (χ3v) is 5.00. The van der Waals surface area contributed by atoms with Crippen LogP contribution in [0.3, 0.4) is 0 Å². The molecule has 3 aromatic rings. The quantitative estimate of drug-likeness (QED) is 0.370. The average molecular weight is 436 g/mol. The zero-order valence-corrected chi connectivity index (χ0v) is 19.3. The summed E-state index contributed by atoms with van der Waals surface area (Å²) in [5.74, 6) is 2.27. The summed E-state index contributed by atoms with van der Waals surface area (Å²) in [5.41, 5.74) is 3.49. The van der Waals surface area contributed by atoms with Gasteiger partial charge in [-0.25, -0.2) is 0 Å². The van der Waals surface area contributed by atoms with Gasteiger partial charge in [0.25, 0.3) is 0 Å². The van der Waals surface area contributed by atoms with Gasteiger partial charge in [-0.15, -0.1) is 0 Å². The fourth-order valence-electron chi connectivity index (χ4n) is 3.42. The molecule has 170 valence electrons. The van der Waals surface area contributed by atoms with Crippen molar-refractivity contribution in [1.29, 1.82) is 0 Å². The largest absolute Gasteiger partial charge is 0.490 e. The van der Waals surface area contributed by atoms with Gasteiger partial charge in [0.05, 0.1) is 25.8 Å². The molecule has 0 saturated carbocycles. The van der Waals surface area contributed by atoms with Crippen molar-refractivity contribution in [3.8, 4) is 11.5 Å². The minimum absolute atomic E-state index is 0.0437. The molecule has 1 aromatic heterocycles. The fourth-order valence-corrected chi connectivity index (χ4v) is 3.42. The second kappa shape index (κ2) is 11.8. The first-order chi connectivity index (χ1) is 15.6. The Bertz CT molecular complexity index is 1000. The maximum atomic E-state index is 5.76. The molecule has 2 aromatic carbocycles. The maximum Gasteiger partial charge on any atom is 0.191 e. The van der Waals surface area contributed by atoms with Crippen molar-refractivity contribution in [1.82, 2.24) is 20.4 Å². The number of nitrogens with one attached hydrogen (secondary N) is 2. The van der Waals surface area contributed by atoms with Crippen LogP contribution in [0.1, 0.15) is 43.5 Å². The molecule has 0 saturated heterocycles. The second-order valence-electron chi connectivity index (χ2n) is 7.39. The molecular formula is C25H33N5O2. The molecule has 1 heterocycles. The Hall–Kier alpha value is -3.48. The SMILES string of the molecule is CCOc1ccc(C(C)NC(=NC)NCc2cccc(Cn3cccn3)c2)cc1OCC. The molecule has 0 fully saturated rings. The third kappa shape index (κ3) is 6.51. The number of guanidine groups is 1. The standard InChI is InChI=1S/C25H33N5O2/c1-5-31-23-12-11-22(16-24(23)32-6-2)19(3)29-25(26-4)27-17-20-9-7-10-21(15-20)18-30-14-8-13-28-30/h7-16,19H,5-6,17-18H2,1-4H3,(H2,26,27,29). The van der Waals surface area contributed by atoms with E-state index in [1.165, 1.54) is 11.1 Å². The van der Waals surface area contributed by atoms with Gasteiger partial charge in [0.15, 0.2) is 17.5 Å². The molecule has 1 unspecified atom stereocenters. The highest BCUT2D eigenvalue weighted by molar-refractivity contribution is 5.80. The molecule has 0 bridgehead atoms. The van der Waals surface area contributed by atoms with Crippen LogP contribution in [0.4, 0.5) is 0 Å². The summed E-state index contributed by atoms with van der Waals surface area (Å²) < 4.78 is 13.3. The van der Waals surface area contributed by atoms with Gasteiger partial charge in [0, 0.05) is 26.0 Å². The van der Waals surface area contributed by atoms with Crippen molar-refractivity contribution in [3.63, 3.8) is 0 Å². The molecule has 2 N–H and O–H groups in total. The lowest BCUT2D eigenvalue weighted by atomic mass is 10.1. The summed E-state index contributed by atoms with van der Waals surface area (Å²) in [5, 5.41) is 11.1. The van der Waals surface area contributed by atoms with Crippen LogP contribution in [0.2, 0.25) is 0 Å². The van der Waals surface area contributed by atoms with Crippen LogP contribution < -0.4 is 20.1 Å². The molecule has 32 heavy (non-hydrogen) atoms. The summed E-state index contributed by atoms with van der Waals surface area (Å²) in [7, 11) is 1.78. The number of aromatic nitrogens is 2. The molecule has 1 atom stereocenters. The first-order valence-electron chi connectivity index (χ1n) is 11.0. The van der Waals surface area contributed by atoms with E-state index < -0.39 is 0 Å². The lowest BCUT2D eigenvalue weighted by Crippen LogP contribution is -2.38. The number of benzene rings is 2. The summed E-state index contributed by atoms with van der Waals surface area (Å²) in [6, 6.07) is 16.5. The Morgan fingerprint density at radius 2 is 1.81 bits per heavy atom. The van der Waals surface area contributed by atoms with E-state index in [1.807, 2.05) is 42.9 Å². The molecule has 0 amide bonds. The number of nitrogens with zero attached hydrogens (tertiary/aromatic N) is 3. The number of hydrogen-bond donors (Lipinski definition) is 2. The Balaban J connectivity index is 1.60. The van der Waals surface area contributed by atoms with Gasteiger partial charge in [0.1, 0.15) is 0 Å². The molecule has 7 nitrogen and oxygen atoms in total. The van der Waals surface area contributed by atoms with Crippen molar-refractivity contribution in [3.05, 3.63) is 77.6 Å². The Morgan fingerprint density at radius 3 is 2.53 bits per heavy atom. The van der Waals surface area contributed by atoms with Gasteiger partial charge in [-0.2, -0.15) is 5.10 Å². The normalized spacial score (nSPS) is 12.3. The maximum absolute atomic E-state index is 5.76. The third-order valence-electron chi connectivity index (χ3n) is 5.00. The van der Waals surface area contributed by atoms with Crippen LogP contribution in [0.15, 0.2) is 65.9 Å². The van der Waals surface area contributed by atoms with Gasteiger partial charge in [0.2, 0.25) is 0 Å². The van der Waals surface area contributed by atoms with Crippen LogP contribution >= 0.6 is 0 Å². The van der Waals surface area contributed by atoms with Crippen molar-refractivity contribution in [2.75, 3.05) is 20.3 Å². The van der Waals surface area contributed by atoms with E-state index in [4.69, 9.17) is 9.47 Å². The van der Waals surface area contributed by atoms with E-state index >= 15 is 0 Å². The highest BCUT2D eigenvalue weighted by atomic mass is 16.5. The van der Waals surface area contributed by atoms with Crippen LogP contribution in [0.25, 0.3) is 0 Å². The zero-order valence-electron chi connectivity index (χ0n) is 19.3. The van der Waals surface area contributed by atoms with Gasteiger partial charge in [-0.3, -0.25) is 9.67 Å². The van der Waals surface area contributed by atoms with E-state index in [2.05, 4.69) is 58.0 Å². The van der Waals surface area contributed by atoms with Gasteiger partial charge in [-0.05, 0) is 55.7 Å². The highest BCUT2D eigenvalue weighted by Gasteiger charge is 2.12. The molecule has 0 aliphatic heterocycles. The van der Waals surface area contributed by atoms with Crippen molar-refractivity contribution < 1.29 is 9.47 Å². The minimum atomic E-state index is 0.0437. The van der Waals surface area contributed by atoms with E-state index in [0.717, 1.165) is 29.6 Å². The fraction of sp³-hybridized carbons (Fsp3) is 0.360. The minimum Gasteiger partial charge on any atom is -0.490 e. The average Bonchev–Trinajstić information content (AvgIpc) is 3.31. The van der Waals surface area contributed by atoms with E-state index in [1.54, 1.807) is 13.2 Å². The molecule has 0 aliphatic rings. The molecule has 3 rings (SSSR count). The topological polar surface area (TPSA) is 72.7 Å². The number of ether oxygens (including phenoxy) is 2. The summed E-state index contributed by atoms with van der Waals surface area (Å²) in [6.45, 7) is 8.66. The summed E-state index contributed by atoms with van der Waals surface area (Å²) >= 11 is 0. The molecule has 0 radical (unpaired) electrons. The molecular weight excluding hydrogens is 402 g/mol. The van der Waals surface area contributed by atoms with Crippen molar-refractivity contribution in [2.45, 2.75) is 39.9 Å². The van der Waals surface area contributed by atoms with E-state index in [9.17, 15) is 0 Å². The number of hydrogen-bond acceptors (Lipinski definition) is 4. The predicted molar refractivity (Wildman–Crippen MR) is 128 cm³/mol. The lowest BCUT2D eigenvalue weighted by Gasteiger charge is -2.20. The lowest BCUT2D eigenvalue weighted by molar-refractivity contribution is 0.287. The van der Waals surface area contributed by atoms with Gasteiger partial charge in [-0.1, -0.05) is 30.3 Å². The zero-order chi connectivity index (χ0) is 22.8. The molecule has 7 heteroatoms. The smallest absolute Gasteiger partial charge is 0.191 e. The van der Waals surface area contributed by atoms with E-state index in [0.29, 0.717) is 19.8 Å². The predicted octanol–water partition coefficient (Wildman–Crippen LogP) is 4.16. The van der Waals surface area contributed by atoms with Gasteiger partial charge >= 0.3 is 0 Å². The summed E-state index contributed by atoms with van der Waals surface area (Å²) in [4.78, 5) is 4.38. The first-order valence-corrected chi connectivity index (χ1v) is 11.0. The van der Waals surface area contributed by atoms with Crippen molar-refractivity contribution >= 4 is 5.96 Å². The van der Waals surface area contributed by atoms with E-state index in [-0.39, 0.29) is 6.04 Å². The number of aliphatic imine (C=N–C) groups is 1. The van der Waals surface area contributed by atoms with Gasteiger partial charge < -0.3 is 20.1 Å². The molecule has 0 spiro atoms. The van der Waals surface area contributed by atoms with Crippen LogP contribution in [0.5, 0.6) is 11.5 Å². The second-order valence-corrected chi connectivity index (χ2v) is 7.39. The van der Waals surface area contributed by atoms with Crippen LogP contribution in [-0.2, 0) is 13.1 Å². The Kier molecular flexibility index (Phi) is 8.54. The van der Waals surface area contributed by atoms with Crippen molar-refractivity contribution in [2.24, 2.45) is 4.99 Å². The monoisotopic (exact) mass is 435 g/mol. The number of rotatable bonds is 10. The first kappa shape index (κ1) is 23.2. The summed E-state index contributed by atoms with van der Waals surface area (Å²) in [6.07, 6.45) is 3.76. The van der Waals surface area contributed by atoms with Crippen LogP contribution in [0, 0.1) is 0 Å². The highest BCUT2D eigenvalue weighted by Crippen LogP contribution is 2.30. The Labute approximate surface area is 190 Å². The Morgan fingerprint density at radius 1 is 1.03 bits per heavy atom.